The molecule has 1 aromatic carbocycles. The summed E-state index contributed by atoms with van der Waals surface area (Å²) in [6.45, 7) is 5.82. The summed E-state index contributed by atoms with van der Waals surface area (Å²) in [5.41, 5.74) is 1.29. The van der Waals surface area contributed by atoms with Crippen LogP contribution in [0.1, 0.15) is 45.1 Å². The number of rotatable bonds is 6. The Balaban J connectivity index is 1.36. The van der Waals surface area contributed by atoms with Gasteiger partial charge in [0.2, 0.25) is 11.9 Å². The van der Waals surface area contributed by atoms with Crippen molar-refractivity contribution in [2.75, 3.05) is 29.9 Å². The number of likely N-dealkylation sites (tertiary alicyclic amines) is 1. The number of hydrogen-bond donors (Lipinski definition) is 3. The average Bonchev–Trinajstić information content (AvgIpc) is 3.38. The molecule has 35 heavy (non-hydrogen) atoms. The molecular weight excluding hydrogens is 446 g/mol. The second-order valence-electron chi connectivity index (χ2n) is 10.5. The number of nitrogens with zero attached hydrogens (tertiary/aromatic N) is 6. The summed E-state index contributed by atoms with van der Waals surface area (Å²) in [6.07, 6.45) is 4.43. The van der Waals surface area contributed by atoms with Crippen molar-refractivity contribution in [1.29, 1.82) is 0 Å². The van der Waals surface area contributed by atoms with E-state index in [1.165, 1.54) is 0 Å². The highest BCUT2D eigenvalue weighted by atomic mass is 16.3. The van der Waals surface area contributed by atoms with E-state index in [-0.39, 0.29) is 24.1 Å². The Kier molecular flexibility index (Phi) is 5.19. The minimum atomic E-state index is -0.976. The molecule has 10 heteroatoms. The fourth-order valence-corrected chi connectivity index (χ4v) is 5.17. The maximum atomic E-state index is 12.2. The number of fused-ring (bicyclic) bond motifs is 1. The quantitative estimate of drug-likeness (QED) is 0.492. The normalized spacial score (nSPS) is 23.0. The molecule has 2 aliphatic heterocycles. The lowest BCUT2D eigenvalue weighted by Gasteiger charge is -2.44. The molecule has 1 saturated carbocycles. The number of nitrogens with one attached hydrogen (secondary N) is 1. The lowest BCUT2D eigenvalue weighted by molar-refractivity contribution is -0.130. The molecule has 10 nitrogen and oxygen atoms in total. The largest absolute Gasteiger partial charge is 0.393 e. The zero-order chi connectivity index (χ0) is 24.3. The molecule has 2 aromatic heterocycles. The summed E-state index contributed by atoms with van der Waals surface area (Å²) in [4.78, 5) is 26.0. The van der Waals surface area contributed by atoms with Crippen LogP contribution >= 0.6 is 0 Å². The van der Waals surface area contributed by atoms with Crippen molar-refractivity contribution in [2.45, 2.75) is 63.3 Å². The van der Waals surface area contributed by atoms with E-state index in [4.69, 9.17) is 9.97 Å². The third kappa shape index (κ3) is 4.00. The van der Waals surface area contributed by atoms with Crippen LogP contribution in [-0.2, 0) is 10.4 Å². The first-order valence-corrected chi connectivity index (χ1v) is 12.3. The van der Waals surface area contributed by atoms with Crippen LogP contribution in [0.5, 0.6) is 0 Å². The van der Waals surface area contributed by atoms with Gasteiger partial charge in [-0.2, -0.15) is 15.1 Å². The second kappa shape index (κ2) is 8.17. The minimum absolute atomic E-state index is 0.136. The molecule has 1 aliphatic carbocycles. The van der Waals surface area contributed by atoms with Crippen molar-refractivity contribution in [1.82, 2.24) is 24.6 Å². The first kappa shape index (κ1) is 22.2. The number of benzene rings is 1. The molecule has 0 atom stereocenters. The lowest BCUT2D eigenvalue weighted by Crippen LogP contribution is -2.60. The molecule has 0 spiro atoms. The molecule has 0 bridgehead atoms. The monoisotopic (exact) mass is 477 g/mol. The van der Waals surface area contributed by atoms with Crippen molar-refractivity contribution in [2.24, 2.45) is 0 Å². The van der Waals surface area contributed by atoms with Crippen LogP contribution in [0.25, 0.3) is 16.7 Å². The molecule has 3 aliphatic rings. The summed E-state index contributed by atoms with van der Waals surface area (Å²) in [5, 5.41) is 29.0. The van der Waals surface area contributed by atoms with Crippen LogP contribution in [0.4, 0.5) is 11.8 Å². The highest BCUT2D eigenvalue weighted by Crippen LogP contribution is 2.33. The SMILES string of the molecule is CC(C)(O)c1cccc(-n2ncc3c(N4CC(N5CCCC5=O)C4)nc(NC4CC(O)C4)nc32)c1. The Labute approximate surface area is 203 Å². The van der Waals surface area contributed by atoms with Crippen LogP contribution < -0.4 is 10.2 Å². The van der Waals surface area contributed by atoms with Gasteiger partial charge in [0.25, 0.3) is 0 Å². The van der Waals surface area contributed by atoms with Crippen LogP contribution in [-0.4, -0.2) is 78.6 Å². The molecule has 3 N–H and O–H groups in total. The summed E-state index contributed by atoms with van der Waals surface area (Å²) < 4.78 is 1.78. The van der Waals surface area contributed by atoms with E-state index in [1.54, 1.807) is 24.7 Å². The first-order valence-electron chi connectivity index (χ1n) is 12.3. The van der Waals surface area contributed by atoms with Crippen LogP contribution in [0.15, 0.2) is 30.5 Å². The van der Waals surface area contributed by atoms with Gasteiger partial charge in [-0.05, 0) is 50.8 Å². The van der Waals surface area contributed by atoms with Crippen molar-refractivity contribution >= 4 is 28.7 Å². The molecule has 3 aromatic rings. The number of anilines is 2. The van der Waals surface area contributed by atoms with E-state index >= 15 is 0 Å². The Morgan fingerprint density at radius 1 is 1.17 bits per heavy atom. The van der Waals surface area contributed by atoms with Gasteiger partial charge < -0.3 is 25.3 Å². The van der Waals surface area contributed by atoms with Gasteiger partial charge >= 0.3 is 0 Å². The number of aliphatic hydroxyl groups excluding tert-OH is 1. The van der Waals surface area contributed by atoms with Gasteiger partial charge in [-0.3, -0.25) is 4.79 Å². The highest BCUT2D eigenvalue weighted by Gasteiger charge is 2.38. The zero-order valence-corrected chi connectivity index (χ0v) is 20.1. The maximum Gasteiger partial charge on any atom is 0.226 e. The molecule has 1 amide bonds. The Hall–Kier alpha value is -3.24. The fourth-order valence-electron chi connectivity index (χ4n) is 5.17. The molecule has 184 valence electrons. The molecule has 2 saturated heterocycles. The van der Waals surface area contributed by atoms with Gasteiger partial charge in [0.05, 0.1) is 35.0 Å². The summed E-state index contributed by atoms with van der Waals surface area (Å²) in [5.74, 6) is 1.54. The van der Waals surface area contributed by atoms with Crippen LogP contribution in [0.3, 0.4) is 0 Å². The van der Waals surface area contributed by atoms with Gasteiger partial charge in [0.1, 0.15) is 5.82 Å². The van der Waals surface area contributed by atoms with E-state index < -0.39 is 5.60 Å². The summed E-state index contributed by atoms with van der Waals surface area (Å²) >= 11 is 0. The lowest BCUT2D eigenvalue weighted by atomic mass is 9.90. The highest BCUT2D eigenvalue weighted by molar-refractivity contribution is 5.90. The van der Waals surface area contributed by atoms with Crippen molar-refractivity contribution < 1.29 is 15.0 Å². The maximum absolute atomic E-state index is 12.2. The van der Waals surface area contributed by atoms with Crippen LogP contribution in [0.2, 0.25) is 0 Å². The summed E-state index contributed by atoms with van der Waals surface area (Å²) in [7, 11) is 0. The van der Waals surface area contributed by atoms with Gasteiger partial charge in [-0.25, -0.2) is 4.68 Å². The fraction of sp³-hybridized carbons (Fsp3) is 0.520. The second-order valence-corrected chi connectivity index (χ2v) is 10.5. The van der Waals surface area contributed by atoms with Crippen molar-refractivity contribution in [3.05, 3.63) is 36.0 Å². The molecule has 0 unspecified atom stereocenters. The number of carbonyl (C=O) groups excluding carboxylic acids is 1. The molecule has 3 fully saturated rings. The van der Waals surface area contributed by atoms with E-state index in [2.05, 4.69) is 15.3 Å². The van der Waals surface area contributed by atoms with Gasteiger partial charge in [-0.15, -0.1) is 0 Å². The standard InChI is InChI=1S/C25H31N7O3/c1-25(2,35)15-5-3-6-17(9-15)32-23-20(12-26-32)22(28-24(29-23)27-16-10-19(33)11-16)30-13-18(14-30)31-8-4-7-21(31)34/h3,5-6,9,12,16,18-19,33,35H,4,7-8,10-11,13-14H2,1-2H3,(H,27,28,29). The zero-order valence-electron chi connectivity index (χ0n) is 20.1. The van der Waals surface area contributed by atoms with E-state index in [9.17, 15) is 15.0 Å². The van der Waals surface area contributed by atoms with Gasteiger partial charge in [0.15, 0.2) is 5.65 Å². The van der Waals surface area contributed by atoms with Crippen molar-refractivity contribution in [3.63, 3.8) is 0 Å². The molecule has 0 radical (unpaired) electrons. The third-order valence-electron chi connectivity index (χ3n) is 7.36. The third-order valence-corrected chi connectivity index (χ3v) is 7.36. The number of aromatic nitrogens is 4. The number of aliphatic hydroxyl groups is 2. The topological polar surface area (TPSA) is 120 Å². The number of carbonyl (C=O) groups is 1. The Bertz CT molecular complexity index is 1270. The smallest absolute Gasteiger partial charge is 0.226 e. The van der Waals surface area contributed by atoms with Crippen LogP contribution in [0, 0.1) is 0 Å². The average molecular weight is 478 g/mol. The molecule has 6 rings (SSSR count). The Morgan fingerprint density at radius 2 is 1.97 bits per heavy atom. The predicted molar refractivity (Wildman–Crippen MR) is 132 cm³/mol. The van der Waals surface area contributed by atoms with Gasteiger partial charge in [-0.1, -0.05) is 12.1 Å². The number of hydrogen-bond acceptors (Lipinski definition) is 8. The first-order chi connectivity index (χ1) is 16.8. The van der Waals surface area contributed by atoms with Crippen molar-refractivity contribution in [3.8, 4) is 5.69 Å². The van der Waals surface area contributed by atoms with E-state index in [0.29, 0.717) is 30.9 Å². The van der Waals surface area contributed by atoms with E-state index in [1.807, 2.05) is 29.2 Å². The minimum Gasteiger partial charge on any atom is -0.393 e. The summed E-state index contributed by atoms with van der Waals surface area (Å²) in [6, 6.07) is 8.01. The molecule has 4 heterocycles. The predicted octanol–water partition coefficient (Wildman–Crippen LogP) is 1.79. The van der Waals surface area contributed by atoms with Gasteiger partial charge in [0, 0.05) is 32.1 Å². The Morgan fingerprint density at radius 3 is 2.66 bits per heavy atom. The molecular formula is C25H31N7O3. The van der Waals surface area contributed by atoms with E-state index in [0.717, 1.165) is 48.5 Å². The number of amides is 1.